The van der Waals surface area contributed by atoms with Crippen LogP contribution in [0.1, 0.15) is 50.7 Å². The number of primary amides is 1. The number of carbonyl (C=O) groups is 1. The fraction of sp³-hybridized carbons (Fsp3) is 0.611. The lowest BCUT2D eigenvalue weighted by Crippen LogP contribution is -2.36. The van der Waals surface area contributed by atoms with E-state index in [1.807, 2.05) is 18.2 Å². The second-order valence-electron chi connectivity index (χ2n) is 6.30. The van der Waals surface area contributed by atoms with Gasteiger partial charge >= 0.3 is 0 Å². The Balaban J connectivity index is 2.19. The van der Waals surface area contributed by atoms with Crippen LogP contribution in [0.4, 0.5) is 0 Å². The van der Waals surface area contributed by atoms with E-state index in [0.717, 1.165) is 44.3 Å². The summed E-state index contributed by atoms with van der Waals surface area (Å²) in [6.45, 7) is 4.07. The van der Waals surface area contributed by atoms with Gasteiger partial charge in [0.2, 0.25) is 5.91 Å². The van der Waals surface area contributed by atoms with Crippen LogP contribution in [-0.2, 0) is 9.53 Å². The predicted octanol–water partition coefficient (Wildman–Crippen LogP) is 3.44. The lowest BCUT2D eigenvalue weighted by molar-refractivity contribution is -0.124. The number of amides is 1. The topological polar surface area (TPSA) is 64.4 Å². The largest absolute Gasteiger partial charge is 0.370 e. The molecule has 1 aromatic rings. The molecule has 0 bridgehead atoms. The number of nitrogens with one attached hydrogen (secondary N) is 1. The summed E-state index contributed by atoms with van der Waals surface area (Å²) in [6.07, 6.45) is 4.12. The van der Waals surface area contributed by atoms with E-state index in [0.29, 0.717) is 10.9 Å². The molecule has 1 saturated heterocycles. The molecule has 0 radical (unpaired) electrons. The van der Waals surface area contributed by atoms with Crippen LogP contribution in [0.15, 0.2) is 24.3 Å². The Morgan fingerprint density at radius 2 is 2.35 bits per heavy atom. The molecule has 3 unspecified atom stereocenters. The lowest BCUT2D eigenvalue weighted by atomic mass is 9.89. The van der Waals surface area contributed by atoms with Crippen molar-refractivity contribution in [3.63, 3.8) is 0 Å². The highest BCUT2D eigenvalue weighted by molar-refractivity contribution is 6.30. The first kappa shape index (κ1) is 18.2. The predicted molar refractivity (Wildman–Crippen MR) is 93.4 cm³/mol. The summed E-state index contributed by atoms with van der Waals surface area (Å²) in [5.74, 6) is 0.0736. The van der Waals surface area contributed by atoms with Crippen molar-refractivity contribution in [3.8, 4) is 0 Å². The zero-order valence-electron chi connectivity index (χ0n) is 13.8. The minimum absolute atomic E-state index is 0.0580. The van der Waals surface area contributed by atoms with Crippen LogP contribution in [0.2, 0.25) is 5.02 Å². The van der Waals surface area contributed by atoms with Crippen LogP contribution in [-0.4, -0.2) is 25.1 Å². The Morgan fingerprint density at radius 1 is 1.52 bits per heavy atom. The van der Waals surface area contributed by atoms with Gasteiger partial charge in [-0.25, -0.2) is 0 Å². The fourth-order valence-electron chi connectivity index (χ4n) is 3.25. The SMILES string of the molecule is CCCC(CC(N)=O)OC(c1cccc(Cl)c1)C1CCCNC1. The number of halogens is 1. The molecule has 1 heterocycles. The van der Waals surface area contributed by atoms with E-state index in [1.54, 1.807) is 0 Å². The summed E-state index contributed by atoms with van der Waals surface area (Å²) in [4.78, 5) is 11.3. The molecule has 0 aromatic heterocycles. The Hall–Kier alpha value is -1.10. The van der Waals surface area contributed by atoms with Crippen LogP contribution in [0.25, 0.3) is 0 Å². The quantitative estimate of drug-likeness (QED) is 0.763. The minimum Gasteiger partial charge on any atom is -0.370 e. The lowest BCUT2D eigenvalue weighted by Gasteiger charge is -2.34. The normalized spacial score (nSPS) is 20.9. The Bertz CT molecular complexity index is 504. The number of benzene rings is 1. The molecule has 3 atom stereocenters. The molecule has 0 saturated carbocycles. The molecule has 1 aromatic carbocycles. The second-order valence-corrected chi connectivity index (χ2v) is 6.74. The van der Waals surface area contributed by atoms with E-state index in [9.17, 15) is 4.79 Å². The highest BCUT2D eigenvalue weighted by Crippen LogP contribution is 2.34. The van der Waals surface area contributed by atoms with Crippen LogP contribution in [0, 0.1) is 5.92 Å². The van der Waals surface area contributed by atoms with Gasteiger partial charge in [-0.2, -0.15) is 0 Å². The Morgan fingerprint density at radius 3 is 2.96 bits per heavy atom. The molecule has 1 aliphatic heterocycles. The third-order valence-corrected chi connectivity index (χ3v) is 4.55. The molecular weight excluding hydrogens is 312 g/mol. The Labute approximate surface area is 143 Å². The van der Waals surface area contributed by atoms with Crippen molar-refractivity contribution in [3.05, 3.63) is 34.9 Å². The maximum atomic E-state index is 11.3. The first-order chi connectivity index (χ1) is 11.1. The summed E-state index contributed by atoms with van der Waals surface area (Å²) >= 11 is 6.16. The summed E-state index contributed by atoms with van der Waals surface area (Å²) in [5.41, 5.74) is 6.47. The monoisotopic (exact) mass is 338 g/mol. The van der Waals surface area contributed by atoms with Crippen molar-refractivity contribution < 1.29 is 9.53 Å². The molecule has 4 nitrogen and oxygen atoms in total. The molecule has 3 N–H and O–H groups in total. The maximum absolute atomic E-state index is 11.3. The smallest absolute Gasteiger partial charge is 0.220 e. The minimum atomic E-state index is -0.310. The molecule has 1 aliphatic rings. The van der Waals surface area contributed by atoms with Crippen LogP contribution in [0.5, 0.6) is 0 Å². The summed E-state index contributed by atoms with van der Waals surface area (Å²) < 4.78 is 6.38. The maximum Gasteiger partial charge on any atom is 0.220 e. The van der Waals surface area contributed by atoms with E-state index in [1.165, 1.54) is 0 Å². The van der Waals surface area contributed by atoms with Gasteiger partial charge in [-0.3, -0.25) is 4.79 Å². The summed E-state index contributed by atoms with van der Waals surface area (Å²) in [5, 5.41) is 4.15. The molecule has 5 heteroatoms. The van der Waals surface area contributed by atoms with Crippen LogP contribution in [0.3, 0.4) is 0 Å². The summed E-state index contributed by atoms with van der Waals surface area (Å²) in [7, 11) is 0. The number of carbonyl (C=O) groups excluding carboxylic acids is 1. The number of ether oxygens (including phenoxy) is 1. The van der Waals surface area contributed by atoms with Crippen molar-refractivity contribution in [2.45, 2.75) is 51.2 Å². The Kier molecular flexibility index (Phi) is 7.34. The number of rotatable bonds is 8. The second kappa shape index (κ2) is 9.26. The molecular formula is C18H27ClN2O2. The van der Waals surface area contributed by atoms with Crippen LogP contribution >= 0.6 is 11.6 Å². The molecule has 1 amide bonds. The number of piperidine rings is 1. The van der Waals surface area contributed by atoms with Gasteiger partial charge in [-0.1, -0.05) is 37.1 Å². The molecule has 0 aliphatic carbocycles. The number of nitrogens with two attached hydrogens (primary N) is 1. The number of hydrogen-bond acceptors (Lipinski definition) is 3. The highest BCUT2D eigenvalue weighted by Gasteiger charge is 2.29. The van der Waals surface area contributed by atoms with Crippen molar-refractivity contribution in [1.82, 2.24) is 5.32 Å². The zero-order chi connectivity index (χ0) is 16.7. The van der Waals surface area contributed by atoms with Gasteiger partial charge in [0.15, 0.2) is 0 Å². The van der Waals surface area contributed by atoms with E-state index >= 15 is 0 Å². The van der Waals surface area contributed by atoms with Crippen LogP contribution < -0.4 is 11.1 Å². The van der Waals surface area contributed by atoms with Crippen molar-refractivity contribution in [1.29, 1.82) is 0 Å². The van der Waals surface area contributed by atoms with E-state index in [4.69, 9.17) is 22.1 Å². The average molecular weight is 339 g/mol. The fourth-order valence-corrected chi connectivity index (χ4v) is 3.45. The highest BCUT2D eigenvalue weighted by atomic mass is 35.5. The average Bonchev–Trinajstić information content (AvgIpc) is 2.53. The van der Waals surface area contributed by atoms with Gasteiger partial charge < -0.3 is 15.8 Å². The van der Waals surface area contributed by atoms with Gasteiger partial charge in [0.25, 0.3) is 0 Å². The first-order valence-electron chi connectivity index (χ1n) is 8.50. The molecule has 0 spiro atoms. The van der Waals surface area contributed by atoms with Gasteiger partial charge in [-0.15, -0.1) is 0 Å². The zero-order valence-corrected chi connectivity index (χ0v) is 14.5. The van der Waals surface area contributed by atoms with Crippen molar-refractivity contribution in [2.24, 2.45) is 11.7 Å². The third kappa shape index (κ3) is 5.79. The van der Waals surface area contributed by atoms with Gasteiger partial charge in [-0.05, 0) is 43.5 Å². The van der Waals surface area contributed by atoms with Crippen molar-refractivity contribution >= 4 is 17.5 Å². The van der Waals surface area contributed by atoms with Crippen molar-refractivity contribution in [2.75, 3.05) is 13.1 Å². The van der Waals surface area contributed by atoms with Gasteiger partial charge in [0.1, 0.15) is 0 Å². The van der Waals surface area contributed by atoms with Gasteiger partial charge in [0, 0.05) is 17.5 Å². The van der Waals surface area contributed by atoms with E-state index in [-0.39, 0.29) is 24.5 Å². The first-order valence-corrected chi connectivity index (χ1v) is 8.88. The molecule has 2 rings (SSSR count). The molecule has 23 heavy (non-hydrogen) atoms. The van der Waals surface area contributed by atoms with E-state index < -0.39 is 0 Å². The third-order valence-electron chi connectivity index (χ3n) is 4.32. The summed E-state index contributed by atoms with van der Waals surface area (Å²) in [6, 6.07) is 7.84. The molecule has 128 valence electrons. The number of hydrogen-bond donors (Lipinski definition) is 2. The standard InChI is InChI=1S/C18H27ClN2O2/c1-2-5-16(11-17(20)22)23-18(14-7-4-9-21-12-14)13-6-3-8-15(19)10-13/h3,6,8,10,14,16,18,21H,2,4-5,7,9,11-12H2,1H3,(H2,20,22). The van der Waals surface area contributed by atoms with E-state index in [2.05, 4.69) is 18.3 Å². The van der Waals surface area contributed by atoms with Gasteiger partial charge in [0.05, 0.1) is 18.6 Å². The molecule has 1 fully saturated rings.